The van der Waals surface area contributed by atoms with Crippen LogP contribution in [0.5, 0.6) is 0 Å². The quantitative estimate of drug-likeness (QED) is 0.282. The Balaban J connectivity index is 3.07. The highest BCUT2D eigenvalue weighted by Crippen LogP contribution is 2.56. The Kier molecular flexibility index (Phi) is 10.2. The van der Waals surface area contributed by atoms with Gasteiger partial charge in [0, 0.05) is 0 Å². The van der Waals surface area contributed by atoms with Crippen molar-refractivity contribution in [2.45, 2.75) is 142 Å². The highest BCUT2D eigenvalue weighted by atomic mass is 28.3. The van der Waals surface area contributed by atoms with E-state index in [1.165, 1.54) is 5.56 Å². The summed E-state index contributed by atoms with van der Waals surface area (Å²) in [6, 6.07) is 4.99. The van der Waals surface area contributed by atoms with E-state index in [9.17, 15) is 0 Å². The van der Waals surface area contributed by atoms with Crippen molar-refractivity contribution < 1.29 is 0 Å². The minimum Gasteiger partial charge on any atom is -0.133 e. The van der Waals surface area contributed by atoms with Gasteiger partial charge in [0.2, 0.25) is 0 Å². The first-order valence-electron chi connectivity index (χ1n) is 14.6. The SMILES string of the molecule is Cc1cc(C)[c]([Al]2[C]([Si](C(C)C)(C(C)C)C(C)C)=CC=C[CH]2[Si](C(C)C)(C(C)C)C(C)C)c(C)c1. The average Bonchev–Trinajstić information content (AvgIpc) is 2.67. The summed E-state index contributed by atoms with van der Waals surface area (Å²) < 4.78 is 4.58. The van der Waals surface area contributed by atoms with Crippen LogP contribution < -0.4 is 4.43 Å². The van der Waals surface area contributed by atoms with Crippen LogP contribution in [-0.2, 0) is 0 Å². The Morgan fingerprint density at radius 1 is 0.629 bits per heavy atom. The molecule has 0 fully saturated rings. The van der Waals surface area contributed by atoms with Gasteiger partial charge in [0.05, 0.1) is 16.1 Å². The van der Waals surface area contributed by atoms with Crippen LogP contribution in [0.2, 0.25) is 37.7 Å². The lowest BCUT2D eigenvalue weighted by Crippen LogP contribution is -2.63. The molecule has 0 aromatic heterocycles. The monoisotopic (exact) mass is 524 g/mol. The molecule has 0 spiro atoms. The van der Waals surface area contributed by atoms with Crippen molar-refractivity contribution in [3.05, 3.63) is 51.1 Å². The fraction of sp³-hybridized carbons (Fsp3) is 0.688. The topological polar surface area (TPSA) is 0 Å². The number of aryl methyl sites for hydroxylation is 3. The molecule has 0 aliphatic carbocycles. The van der Waals surface area contributed by atoms with Gasteiger partial charge in [0.1, 0.15) is 0 Å². The summed E-state index contributed by atoms with van der Waals surface area (Å²) in [7, 11) is -3.46. The van der Waals surface area contributed by atoms with E-state index >= 15 is 0 Å². The average molecular weight is 525 g/mol. The zero-order chi connectivity index (χ0) is 27.0. The number of allylic oxidation sites excluding steroid dienone is 3. The highest BCUT2D eigenvalue weighted by Gasteiger charge is 2.58. The minimum absolute atomic E-state index is 0.759. The summed E-state index contributed by atoms with van der Waals surface area (Å²) in [4.78, 5) is 0. The normalized spacial score (nSPS) is 17.7. The maximum Gasteiger partial charge on any atom is 0.341 e. The van der Waals surface area contributed by atoms with E-state index < -0.39 is 30.3 Å². The highest BCUT2D eigenvalue weighted by molar-refractivity contribution is 7.12. The molecule has 0 saturated heterocycles. The van der Waals surface area contributed by atoms with E-state index in [0.717, 1.165) is 37.7 Å². The second-order valence-electron chi connectivity index (χ2n) is 13.7. The molecule has 196 valence electrons. The van der Waals surface area contributed by atoms with E-state index in [4.69, 9.17) is 0 Å². The van der Waals surface area contributed by atoms with Crippen molar-refractivity contribution in [3.63, 3.8) is 0 Å². The molecule has 0 nitrogen and oxygen atoms in total. The Morgan fingerprint density at radius 2 is 1.03 bits per heavy atom. The molecule has 1 aliphatic rings. The maximum atomic E-state index is 2.76. The lowest BCUT2D eigenvalue weighted by molar-refractivity contribution is 0.797. The third-order valence-corrected chi connectivity index (χ3v) is 33.0. The van der Waals surface area contributed by atoms with Gasteiger partial charge in [-0.1, -0.05) is 156 Å². The third-order valence-electron chi connectivity index (χ3n) is 10.3. The number of rotatable bonds is 9. The van der Waals surface area contributed by atoms with Gasteiger partial charge in [-0.25, -0.2) is 0 Å². The predicted molar refractivity (Wildman–Crippen MR) is 169 cm³/mol. The lowest BCUT2D eigenvalue weighted by Gasteiger charge is -2.55. The fourth-order valence-corrected chi connectivity index (χ4v) is 39.2. The first-order chi connectivity index (χ1) is 16.1. The van der Waals surface area contributed by atoms with Crippen LogP contribution in [0.25, 0.3) is 0 Å². The zero-order valence-corrected chi connectivity index (χ0v) is 29.2. The molecule has 1 aromatic carbocycles. The summed E-state index contributed by atoms with van der Waals surface area (Å²) in [5, 5.41) is 0. The molecule has 35 heavy (non-hydrogen) atoms. The molecule has 1 aliphatic heterocycles. The minimum atomic E-state index is -1.76. The Hall–Kier alpha value is -0.334. The summed E-state index contributed by atoms with van der Waals surface area (Å²) in [6.07, 6.45) is 8.00. The molecule has 1 atom stereocenters. The molecule has 0 amide bonds. The lowest BCUT2D eigenvalue weighted by atomic mass is 10.1. The molecular weight excluding hydrogens is 468 g/mol. The van der Waals surface area contributed by atoms with Crippen molar-refractivity contribution >= 4 is 34.7 Å². The van der Waals surface area contributed by atoms with Crippen LogP contribution in [0.4, 0.5) is 0 Å². The van der Waals surface area contributed by atoms with Crippen molar-refractivity contribution in [2.24, 2.45) is 0 Å². The second-order valence-corrected chi connectivity index (χ2v) is 29.8. The predicted octanol–water partition coefficient (Wildman–Crippen LogP) is 10.2. The third kappa shape index (κ3) is 5.06. The van der Waals surface area contributed by atoms with Gasteiger partial charge in [-0.2, -0.15) is 0 Å². The van der Waals surface area contributed by atoms with Gasteiger partial charge in [-0.05, 0) is 37.4 Å². The largest absolute Gasteiger partial charge is 0.341 e. The van der Waals surface area contributed by atoms with Gasteiger partial charge in [-0.15, -0.1) is 4.06 Å². The van der Waals surface area contributed by atoms with E-state index in [2.05, 4.69) is 134 Å². The maximum absolute atomic E-state index is 2.76. The van der Waals surface area contributed by atoms with Crippen molar-refractivity contribution in [1.82, 2.24) is 0 Å². The smallest absolute Gasteiger partial charge is 0.133 e. The van der Waals surface area contributed by atoms with Gasteiger partial charge in [-0.3, -0.25) is 0 Å². The fourth-order valence-electron chi connectivity index (χ4n) is 9.73. The first kappa shape index (κ1) is 30.9. The van der Waals surface area contributed by atoms with Crippen molar-refractivity contribution in [2.75, 3.05) is 0 Å². The van der Waals surface area contributed by atoms with Crippen LogP contribution in [0, 0.1) is 20.8 Å². The van der Waals surface area contributed by atoms with Crippen molar-refractivity contribution in [3.8, 4) is 0 Å². The number of hydrogen-bond acceptors (Lipinski definition) is 0. The van der Waals surface area contributed by atoms with Crippen molar-refractivity contribution in [1.29, 1.82) is 0 Å². The Bertz CT molecular complexity index is 866. The van der Waals surface area contributed by atoms with Gasteiger partial charge in [0.25, 0.3) is 0 Å². The molecule has 0 N–H and O–H groups in total. The van der Waals surface area contributed by atoms with E-state index in [-0.39, 0.29) is 0 Å². The van der Waals surface area contributed by atoms with Crippen LogP contribution in [0.3, 0.4) is 0 Å². The summed E-state index contributed by atoms with van der Waals surface area (Å²) in [5.41, 5.74) is 9.20. The molecule has 1 unspecified atom stereocenters. The number of hydrogen-bond donors (Lipinski definition) is 0. The van der Waals surface area contributed by atoms with Crippen LogP contribution >= 0.6 is 0 Å². The van der Waals surface area contributed by atoms with E-state index in [1.807, 2.05) is 4.06 Å². The van der Waals surface area contributed by atoms with Gasteiger partial charge >= 0.3 is 14.1 Å². The van der Waals surface area contributed by atoms with Crippen LogP contribution in [0.1, 0.15) is 99.8 Å². The molecule has 0 radical (unpaired) electrons. The Morgan fingerprint density at radius 3 is 1.37 bits per heavy atom. The molecular formula is C32H57AlSi2. The Labute approximate surface area is 226 Å². The molecule has 3 heteroatoms. The van der Waals surface area contributed by atoms with Gasteiger partial charge in [0.15, 0.2) is 0 Å². The zero-order valence-electron chi connectivity index (χ0n) is 26.0. The van der Waals surface area contributed by atoms with Crippen LogP contribution in [-0.4, -0.2) is 30.3 Å². The summed E-state index contributed by atoms with van der Waals surface area (Å²) in [6.45, 7) is 38.0. The van der Waals surface area contributed by atoms with E-state index in [0.29, 0.717) is 0 Å². The summed E-state index contributed by atoms with van der Waals surface area (Å²) >= 11 is -1.50. The summed E-state index contributed by atoms with van der Waals surface area (Å²) in [5.74, 6) is 0. The van der Waals surface area contributed by atoms with E-state index in [1.54, 1.807) is 15.6 Å². The standard InChI is InChI=1S/C23H46Si2.C9H11.Al/c1-18(2)24(19(3)4,20(5)6)16-14-13-15-17-25(21(7)8,22(9)10)23(11)12;1-7-4-8(2)6-9(3)5-7;/h13-16,18-23H,1-12H3;4-5H,1-3H3;. The first-order valence-corrected chi connectivity index (χ1v) is 20.9. The molecule has 0 saturated carbocycles. The molecule has 2 rings (SSSR count). The van der Waals surface area contributed by atoms with Crippen LogP contribution in [0.15, 0.2) is 34.4 Å². The molecule has 0 bridgehead atoms. The molecule has 1 heterocycles. The number of benzene rings is 1. The molecule has 1 aromatic rings. The second kappa shape index (κ2) is 11.6. The van der Waals surface area contributed by atoms with Gasteiger partial charge < -0.3 is 0 Å².